The van der Waals surface area contributed by atoms with Crippen LogP contribution in [0.15, 0.2) is 65.9 Å². The number of esters is 1. The summed E-state index contributed by atoms with van der Waals surface area (Å²) in [6.45, 7) is 3.13. The van der Waals surface area contributed by atoms with Gasteiger partial charge < -0.3 is 25.0 Å². The van der Waals surface area contributed by atoms with Crippen LogP contribution in [0.25, 0.3) is 0 Å². The first-order valence-electron chi connectivity index (χ1n) is 9.47. The van der Waals surface area contributed by atoms with E-state index in [0.717, 1.165) is 17.0 Å². The molecule has 0 saturated carbocycles. The highest BCUT2D eigenvalue weighted by Crippen LogP contribution is 2.23. The number of nitrogens with one attached hydrogen (secondary N) is 2. The van der Waals surface area contributed by atoms with Gasteiger partial charge in [-0.1, -0.05) is 30.3 Å². The lowest BCUT2D eigenvalue weighted by atomic mass is 10.1. The molecule has 0 radical (unpaired) electrons. The lowest BCUT2D eigenvalue weighted by molar-refractivity contribution is -0.138. The first-order chi connectivity index (χ1) is 14.1. The van der Waals surface area contributed by atoms with Crippen LogP contribution in [0.4, 0.5) is 10.5 Å². The fourth-order valence-electron chi connectivity index (χ4n) is 3.11. The van der Waals surface area contributed by atoms with E-state index in [1.54, 1.807) is 14.0 Å². The smallest absolute Gasteiger partial charge is 0.337 e. The maximum atomic E-state index is 12.4. The second-order valence-electron chi connectivity index (χ2n) is 6.52. The molecule has 3 rings (SSSR count). The van der Waals surface area contributed by atoms with Crippen LogP contribution in [-0.2, 0) is 16.1 Å². The quantitative estimate of drug-likeness (QED) is 0.672. The average molecular weight is 395 g/mol. The topological polar surface area (TPSA) is 79.9 Å². The average Bonchev–Trinajstić information content (AvgIpc) is 2.74. The number of nitrogens with zero attached hydrogens (tertiary/aromatic N) is 1. The van der Waals surface area contributed by atoms with Gasteiger partial charge in [0, 0.05) is 12.2 Å². The Morgan fingerprint density at radius 2 is 1.79 bits per heavy atom. The third-order valence-electron chi connectivity index (χ3n) is 4.58. The number of carbonyl (C=O) groups is 2. The van der Waals surface area contributed by atoms with Crippen LogP contribution in [0.3, 0.4) is 0 Å². The fraction of sp³-hybridized carbons (Fsp3) is 0.273. The molecule has 1 heterocycles. The Bertz CT molecular complexity index is 879. The molecule has 0 aromatic heterocycles. The van der Waals surface area contributed by atoms with Crippen molar-refractivity contribution < 1.29 is 19.1 Å². The van der Waals surface area contributed by atoms with Crippen LogP contribution in [0, 0.1) is 0 Å². The van der Waals surface area contributed by atoms with E-state index in [2.05, 4.69) is 15.5 Å². The van der Waals surface area contributed by atoms with Crippen LogP contribution in [0.1, 0.15) is 12.5 Å². The number of methoxy groups -OCH3 is 1. The zero-order valence-corrected chi connectivity index (χ0v) is 16.6. The molecular formula is C22H25N3O4. The van der Waals surface area contributed by atoms with Gasteiger partial charge in [-0.25, -0.2) is 9.59 Å². The molecule has 29 heavy (non-hydrogen) atoms. The van der Waals surface area contributed by atoms with Crippen molar-refractivity contribution in [1.82, 2.24) is 10.6 Å². The molecule has 0 spiro atoms. The Balaban J connectivity index is 1.93. The van der Waals surface area contributed by atoms with Gasteiger partial charge in [-0.15, -0.1) is 0 Å². The van der Waals surface area contributed by atoms with Crippen molar-refractivity contribution in [3.63, 3.8) is 0 Å². The first kappa shape index (κ1) is 20.3. The predicted octanol–water partition coefficient (Wildman–Crippen LogP) is 2.83. The molecule has 0 unspecified atom stereocenters. The minimum absolute atomic E-state index is 0.141. The SMILES string of the molecule is CCOC(=O)C1=C(CN(Cc2ccccc2)c2ccc(OC)cc2)NC(=O)NC1. The number of anilines is 1. The standard InChI is InChI=1S/C22H25N3O4/c1-3-29-21(26)19-13-23-22(27)24-20(19)15-25(14-16-7-5-4-6-8-16)17-9-11-18(28-2)12-10-17/h4-12H,3,13-15H2,1-2H3,(H2,23,24,27). The highest BCUT2D eigenvalue weighted by atomic mass is 16.5. The third-order valence-corrected chi connectivity index (χ3v) is 4.58. The maximum Gasteiger partial charge on any atom is 0.337 e. The van der Waals surface area contributed by atoms with Crippen LogP contribution >= 0.6 is 0 Å². The molecule has 7 nitrogen and oxygen atoms in total. The Morgan fingerprint density at radius 1 is 1.07 bits per heavy atom. The highest BCUT2D eigenvalue weighted by Gasteiger charge is 2.25. The van der Waals surface area contributed by atoms with Crippen molar-refractivity contribution >= 4 is 17.7 Å². The minimum atomic E-state index is -0.426. The third kappa shape index (κ3) is 5.28. The van der Waals surface area contributed by atoms with Crippen molar-refractivity contribution in [2.24, 2.45) is 0 Å². The zero-order valence-electron chi connectivity index (χ0n) is 16.6. The summed E-state index contributed by atoms with van der Waals surface area (Å²) in [6, 6.07) is 17.4. The number of hydrogen-bond acceptors (Lipinski definition) is 5. The molecule has 2 aromatic carbocycles. The van der Waals surface area contributed by atoms with E-state index in [9.17, 15) is 9.59 Å². The van der Waals surface area contributed by atoms with E-state index in [1.165, 1.54) is 0 Å². The minimum Gasteiger partial charge on any atom is -0.497 e. The van der Waals surface area contributed by atoms with E-state index >= 15 is 0 Å². The summed E-state index contributed by atoms with van der Waals surface area (Å²) >= 11 is 0. The Kier molecular flexibility index (Phi) is 6.73. The van der Waals surface area contributed by atoms with Gasteiger partial charge in [0.15, 0.2) is 0 Å². The molecule has 2 N–H and O–H groups in total. The Morgan fingerprint density at radius 3 is 2.45 bits per heavy atom. The zero-order chi connectivity index (χ0) is 20.6. The molecule has 2 aromatic rings. The second kappa shape index (κ2) is 9.64. The Hall–Kier alpha value is -3.48. The van der Waals surface area contributed by atoms with E-state index in [0.29, 0.717) is 24.4 Å². The monoisotopic (exact) mass is 395 g/mol. The molecule has 0 saturated heterocycles. The second-order valence-corrected chi connectivity index (χ2v) is 6.52. The molecule has 2 amide bonds. The van der Waals surface area contributed by atoms with E-state index in [1.807, 2.05) is 54.6 Å². The van der Waals surface area contributed by atoms with Crippen LogP contribution in [0.2, 0.25) is 0 Å². The summed E-state index contributed by atoms with van der Waals surface area (Å²) in [6.07, 6.45) is 0. The molecule has 0 atom stereocenters. The Labute approximate surface area is 170 Å². The van der Waals surface area contributed by atoms with Crippen molar-refractivity contribution in [1.29, 1.82) is 0 Å². The van der Waals surface area contributed by atoms with Crippen molar-refractivity contribution in [2.45, 2.75) is 13.5 Å². The van der Waals surface area contributed by atoms with Gasteiger partial charge in [0.05, 0.1) is 38.1 Å². The van der Waals surface area contributed by atoms with Gasteiger partial charge in [-0.05, 0) is 36.8 Å². The van der Waals surface area contributed by atoms with E-state index < -0.39 is 5.97 Å². The summed E-state index contributed by atoms with van der Waals surface area (Å²) in [5.41, 5.74) is 3.02. The van der Waals surface area contributed by atoms with Gasteiger partial charge in [0.1, 0.15) is 5.75 Å². The molecular weight excluding hydrogens is 370 g/mol. The normalized spacial score (nSPS) is 13.4. The molecule has 0 bridgehead atoms. The van der Waals surface area contributed by atoms with Crippen molar-refractivity contribution in [2.75, 3.05) is 31.7 Å². The van der Waals surface area contributed by atoms with Gasteiger partial charge in [0.2, 0.25) is 0 Å². The van der Waals surface area contributed by atoms with Crippen molar-refractivity contribution in [3.05, 3.63) is 71.4 Å². The van der Waals surface area contributed by atoms with Crippen molar-refractivity contribution in [3.8, 4) is 5.75 Å². The predicted molar refractivity (Wildman–Crippen MR) is 111 cm³/mol. The molecule has 0 aliphatic carbocycles. The number of urea groups is 1. The summed E-state index contributed by atoms with van der Waals surface area (Å²) in [5, 5.41) is 5.41. The number of benzene rings is 2. The number of carbonyl (C=O) groups excluding carboxylic acids is 2. The number of ether oxygens (including phenoxy) is 2. The van der Waals surface area contributed by atoms with E-state index in [-0.39, 0.29) is 19.2 Å². The number of amides is 2. The van der Waals surface area contributed by atoms with Crippen LogP contribution in [0.5, 0.6) is 5.75 Å². The summed E-state index contributed by atoms with van der Waals surface area (Å²) in [7, 11) is 1.62. The lowest BCUT2D eigenvalue weighted by Gasteiger charge is -2.29. The van der Waals surface area contributed by atoms with Gasteiger partial charge in [-0.2, -0.15) is 0 Å². The van der Waals surface area contributed by atoms with Gasteiger partial charge in [0.25, 0.3) is 0 Å². The maximum absolute atomic E-state index is 12.4. The molecule has 1 aliphatic rings. The lowest BCUT2D eigenvalue weighted by Crippen LogP contribution is -2.46. The first-order valence-corrected chi connectivity index (χ1v) is 9.47. The van der Waals surface area contributed by atoms with Gasteiger partial charge in [-0.3, -0.25) is 0 Å². The van der Waals surface area contributed by atoms with Crippen LogP contribution < -0.4 is 20.3 Å². The largest absolute Gasteiger partial charge is 0.497 e. The molecule has 1 aliphatic heterocycles. The van der Waals surface area contributed by atoms with E-state index in [4.69, 9.17) is 9.47 Å². The van der Waals surface area contributed by atoms with Crippen LogP contribution in [-0.4, -0.2) is 38.8 Å². The summed E-state index contributed by atoms with van der Waals surface area (Å²) in [4.78, 5) is 26.4. The van der Waals surface area contributed by atoms with Gasteiger partial charge >= 0.3 is 12.0 Å². The summed E-state index contributed by atoms with van der Waals surface area (Å²) in [5.74, 6) is 0.333. The highest BCUT2D eigenvalue weighted by molar-refractivity contribution is 5.93. The summed E-state index contributed by atoms with van der Waals surface area (Å²) < 4.78 is 10.4. The molecule has 152 valence electrons. The molecule has 7 heteroatoms. The molecule has 0 fully saturated rings. The fourth-order valence-corrected chi connectivity index (χ4v) is 3.11. The number of rotatable bonds is 8. The number of hydrogen-bond donors (Lipinski definition) is 2.